The Hall–Kier alpha value is -1.63. The van der Waals surface area contributed by atoms with Crippen LogP contribution in [0.25, 0.3) is 10.2 Å². The van der Waals surface area contributed by atoms with Gasteiger partial charge in [0.1, 0.15) is 9.98 Å². The van der Waals surface area contributed by atoms with E-state index in [1.807, 2.05) is 19.1 Å². The fourth-order valence-electron chi connectivity index (χ4n) is 2.46. The Bertz CT molecular complexity index is 953. The van der Waals surface area contributed by atoms with E-state index >= 15 is 0 Å². The molecule has 0 N–H and O–H groups in total. The van der Waals surface area contributed by atoms with Crippen LogP contribution in [0.4, 0.5) is 0 Å². The highest BCUT2D eigenvalue weighted by molar-refractivity contribution is 7.98. The summed E-state index contributed by atoms with van der Waals surface area (Å²) >= 11 is 9.32. The first-order valence-corrected chi connectivity index (χ1v) is 9.92. The standard InChI is InChI=1S/C18H18ClN3OS2/c1-10-7-5-6-8-12(10)9-24-18-20-15(19)13-11(2)14(17(23)22(3)4)25-16(13)21-18/h5-8H,9H2,1-4H3. The van der Waals surface area contributed by atoms with Crippen LogP contribution in [-0.4, -0.2) is 34.9 Å². The van der Waals surface area contributed by atoms with Crippen LogP contribution in [0.2, 0.25) is 5.15 Å². The first kappa shape index (κ1) is 18.2. The van der Waals surface area contributed by atoms with Gasteiger partial charge in [0.25, 0.3) is 5.91 Å². The van der Waals surface area contributed by atoms with E-state index in [1.165, 1.54) is 22.5 Å². The Kier molecular flexibility index (Phi) is 5.32. The number of aromatic nitrogens is 2. The highest BCUT2D eigenvalue weighted by Gasteiger charge is 2.21. The number of benzene rings is 1. The van der Waals surface area contributed by atoms with Crippen LogP contribution in [-0.2, 0) is 5.75 Å². The van der Waals surface area contributed by atoms with Crippen molar-refractivity contribution < 1.29 is 4.79 Å². The summed E-state index contributed by atoms with van der Waals surface area (Å²) in [6.45, 7) is 3.99. The second-order valence-electron chi connectivity index (χ2n) is 5.95. The van der Waals surface area contributed by atoms with Crippen LogP contribution in [0.5, 0.6) is 0 Å². The molecule has 3 aromatic rings. The predicted molar refractivity (Wildman–Crippen MR) is 106 cm³/mol. The lowest BCUT2D eigenvalue weighted by molar-refractivity contribution is 0.0831. The molecule has 130 valence electrons. The molecule has 0 fully saturated rings. The Morgan fingerprint density at radius 1 is 1.24 bits per heavy atom. The van der Waals surface area contributed by atoms with E-state index in [1.54, 1.807) is 30.8 Å². The molecule has 0 bridgehead atoms. The molecule has 3 rings (SSSR count). The van der Waals surface area contributed by atoms with Crippen LogP contribution < -0.4 is 0 Å². The monoisotopic (exact) mass is 391 g/mol. The third-order valence-corrected chi connectivity index (χ3v) is 6.29. The molecule has 0 aliphatic heterocycles. The summed E-state index contributed by atoms with van der Waals surface area (Å²) in [7, 11) is 3.48. The van der Waals surface area contributed by atoms with Crippen molar-refractivity contribution in [1.29, 1.82) is 0 Å². The molecule has 0 unspecified atom stereocenters. The van der Waals surface area contributed by atoms with Crippen molar-refractivity contribution in [3.63, 3.8) is 0 Å². The third-order valence-electron chi connectivity index (χ3n) is 3.94. The molecule has 7 heteroatoms. The Morgan fingerprint density at radius 2 is 1.96 bits per heavy atom. The molecule has 4 nitrogen and oxygen atoms in total. The fourth-order valence-corrected chi connectivity index (χ4v) is 5.06. The van der Waals surface area contributed by atoms with Crippen molar-refractivity contribution in [1.82, 2.24) is 14.9 Å². The second kappa shape index (κ2) is 7.32. The Labute approximate surface area is 160 Å². The van der Waals surface area contributed by atoms with E-state index in [9.17, 15) is 4.79 Å². The van der Waals surface area contributed by atoms with Gasteiger partial charge in [-0.15, -0.1) is 11.3 Å². The summed E-state index contributed by atoms with van der Waals surface area (Å²) in [6, 6.07) is 8.25. The maximum atomic E-state index is 12.3. The zero-order valence-electron chi connectivity index (χ0n) is 14.5. The molecule has 2 heterocycles. The number of amides is 1. The highest BCUT2D eigenvalue weighted by Crippen LogP contribution is 2.36. The van der Waals surface area contributed by atoms with Gasteiger partial charge < -0.3 is 4.90 Å². The van der Waals surface area contributed by atoms with Gasteiger partial charge in [0, 0.05) is 19.8 Å². The molecule has 0 saturated carbocycles. The Balaban J connectivity index is 1.94. The zero-order chi connectivity index (χ0) is 18.1. The molecule has 1 aromatic carbocycles. The number of hydrogen-bond donors (Lipinski definition) is 0. The summed E-state index contributed by atoms with van der Waals surface area (Å²) in [5.41, 5.74) is 3.34. The van der Waals surface area contributed by atoms with Gasteiger partial charge in [0.2, 0.25) is 0 Å². The van der Waals surface area contributed by atoms with Crippen molar-refractivity contribution in [2.45, 2.75) is 24.8 Å². The lowest BCUT2D eigenvalue weighted by atomic mass is 10.1. The molecule has 0 saturated heterocycles. The van der Waals surface area contributed by atoms with Crippen molar-refractivity contribution >= 4 is 50.8 Å². The van der Waals surface area contributed by atoms with E-state index in [-0.39, 0.29) is 5.91 Å². The number of thiophene rings is 1. The van der Waals surface area contributed by atoms with E-state index in [2.05, 4.69) is 29.0 Å². The number of halogens is 1. The summed E-state index contributed by atoms with van der Waals surface area (Å²) in [6.07, 6.45) is 0. The number of carbonyl (C=O) groups is 1. The van der Waals surface area contributed by atoms with Gasteiger partial charge in [0.15, 0.2) is 5.16 Å². The summed E-state index contributed by atoms with van der Waals surface area (Å²) in [5.74, 6) is 0.744. The fraction of sp³-hybridized carbons (Fsp3) is 0.278. The van der Waals surface area contributed by atoms with Gasteiger partial charge in [-0.2, -0.15) is 0 Å². The molecule has 0 radical (unpaired) electrons. The second-order valence-corrected chi connectivity index (χ2v) is 8.25. The van der Waals surface area contributed by atoms with Crippen LogP contribution in [0, 0.1) is 13.8 Å². The third kappa shape index (κ3) is 3.66. The average Bonchev–Trinajstić information content (AvgIpc) is 2.90. The number of carbonyl (C=O) groups excluding carboxylic acids is 1. The minimum absolute atomic E-state index is 0.0364. The van der Waals surface area contributed by atoms with Crippen molar-refractivity contribution in [3.05, 3.63) is 51.0 Å². The number of hydrogen-bond acceptors (Lipinski definition) is 5. The maximum absolute atomic E-state index is 12.3. The van der Waals surface area contributed by atoms with Gasteiger partial charge in [-0.25, -0.2) is 9.97 Å². The molecular formula is C18H18ClN3OS2. The van der Waals surface area contributed by atoms with Gasteiger partial charge in [0.05, 0.1) is 10.3 Å². The summed E-state index contributed by atoms with van der Waals surface area (Å²) in [5, 5.41) is 1.81. The topological polar surface area (TPSA) is 46.1 Å². The maximum Gasteiger partial charge on any atom is 0.263 e. The van der Waals surface area contributed by atoms with Gasteiger partial charge in [-0.05, 0) is 30.5 Å². The van der Waals surface area contributed by atoms with Gasteiger partial charge in [-0.1, -0.05) is 47.6 Å². The normalized spacial score (nSPS) is 11.1. The quantitative estimate of drug-likeness (QED) is 0.358. The van der Waals surface area contributed by atoms with Crippen LogP contribution in [0.1, 0.15) is 26.4 Å². The summed E-state index contributed by atoms with van der Waals surface area (Å²) in [4.78, 5) is 24.3. The molecule has 0 spiro atoms. The smallest absolute Gasteiger partial charge is 0.263 e. The zero-order valence-corrected chi connectivity index (χ0v) is 16.8. The SMILES string of the molecule is Cc1ccccc1CSc1nc(Cl)c2c(C)c(C(=O)N(C)C)sc2n1. The Morgan fingerprint density at radius 3 is 2.64 bits per heavy atom. The molecule has 2 aromatic heterocycles. The average molecular weight is 392 g/mol. The van der Waals surface area contributed by atoms with Crippen LogP contribution >= 0.6 is 34.7 Å². The molecule has 0 aliphatic rings. The van der Waals surface area contributed by atoms with Gasteiger partial charge >= 0.3 is 0 Å². The molecule has 0 atom stereocenters. The van der Waals surface area contributed by atoms with E-state index in [4.69, 9.17) is 11.6 Å². The first-order chi connectivity index (χ1) is 11.9. The minimum Gasteiger partial charge on any atom is -0.344 e. The number of thioether (sulfide) groups is 1. The molecular weight excluding hydrogens is 374 g/mol. The van der Waals surface area contributed by atoms with Crippen molar-refractivity contribution in [2.24, 2.45) is 0 Å². The molecule has 1 amide bonds. The van der Waals surface area contributed by atoms with Gasteiger partial charge in [-0.3, -0.25) is 4.79 Å². The largest absolute Gasteiger partial charge is 0.344 e. The van der Waals surface area contributed by atoms with E-state index in [0.29, 0.717) is 15.2 Å². The predicted octanol–water partition coefficient (Wildman–Crippen LogP) is 4.96. The number of rotatable bonds is 4. The lowest BCUT2D eigenvalue weighted by Crippen LogP contribution is -2.21. The minimum atomic E-state index is -0.0364. The van der Waals surface area contributed by atoms with Crippen LogP contribution in [0.3, 0.4) is 0 Å². The van der Waals surface area contributed by atoms with Crippen LogP contribution in [0.15, 0.2) is 29.4 Å². The molecule has 0 aliphatic carbocycles. The van der Waals surface area contributed by atoms with Crippen molar-refractivity contribution in [2.75, 3.05) is 14.1 Å². The number of fused-ring (bicyclic) bond motifs is 1. The van der Waals surface area contributed by atoms with Crippen molar-refractivity contribution in [3.8, 4) is 0 Å². The van der Waals surface area contributed by atoms with E-state index < -0.39 is 0 Å². The summed E-state index contributed by atoms with van der Waals surface area (Å²) < 4.78 is 0. The molecule has 25 heavy (non-hydrogen) atoms. The number of nitrogens with zero attached hydrogens (tertiary/aromatic N) is 3. The van der Waals surface area contributed by atoms with E-state index in [0.717, 1.165) is 21.5 Å². The number of aryl methyl sites for hydroxylation is 2. The highest BCUT2D eigenvalue weighted by atomic mass is 35.5. The lowest BCUT2D eigenvalue weighted by Gasteiger charge is -2.08. The first-order valence-electron chi connectivity index (χ1n) is 7.74.